The lowest BCUT2D eigenvalue weighted by Gasteiger charge is -2.02. The number of H-pyrrole nitrogens is 1. The summed E-state index contributed by atoms with van der Waals surface area (Å²) in [5, 5.41) is 15.6. The summed E-state index contributed by atoms with van der Waals surface area (Å²) in [5.41, 5.74) is 1.12. The van der Waals surface area contributed by atoms with Crippen LogP contribution in [-0.4, -0.2) is 30.7 Å². The van der Waals surface area contributed by atoms with Gasteiger partial charge in [0, 0.05) is 22.0 Å². The van der Waals surface area contributed by atoms with Crippen molar-refractivity contribution in [3.8, 4) is 11.3 Å². The predicted molar refractivity (Wildman–Crippen MR) is 99.1 cm³/mol. The van der Waals surface area contributed by atoms with Crippen LogP contribution in [0, 0.1) is 0 Å². The highest BCUT2D eigenvalue weighted by atomic mass is 35.5. The number of thiazole rings is 1. The van der Waals surface area contributed by atoms with Gasteiger partial charge in [-0.05, 0) is 24.3 Å². The molecule has 2 N–H and O–H groups in total. The molecule has 1 aromatic carbocycles. The van der Waals surface area contributed by atoms with E-state index in [1.165, 1.54) is 23.5 Å². The van der Waals surface area contributed by atoms with Crippen LogP contribution in [0.3, 0.4) is 0 Å². The Morgan fingerprint density at radius 3 is 2.81 bits per heavy atom. The van der Waals surface area contributed by atoms with Crippen molar-refractivity contribution in [1.29, 1.82) is 0 Å². The molecule has 0 saturated carbocycles. The smallest absolute Gasteiger partial charge is 0.278 e. The number of anilines is 1. The first-order chi connectivity index (χ1) is 12.5. The third-order valence-electron chi connectivity index (χ3n) is 3.43. The second kappa shape index (κ2) is 6.52. The molecular weight excluding hydrogens is 399 g/mol. The van der Waals surface area contributed by atoms with Gasteiger partial charge in [-0.3, -0.25) is 14.9 Å². The number of aromatic nitrogens is 5. The molecule has 1 amide bonds. The molecule has 0 aliphatic rings. The van der Waals surface area contributed by atoms with Crippen molar-refractivity contribution >= 4 is 51.4 Å². The van der Waals surface area contributed by atoms with E-state index >= 15 is 0 Å². The summed E-state index contributed by atoms with van der Waals surface area (Å²) in [6.45, 7) is 0. The largest absolute Gasteiger partial charge is 0.288 e. The molecule has 0 saturated heterocycles. The first kappa shape index (κ1) is 16.7. The number of carbonyl (C=O) groups excluding carboxylic acids is 1. The van der Waals surface area contributed by atoms with Crippen molar-refractivity contribution in [3.05, 3.63) is 61.8 Å². The number of hydrogen-bond acceptors (Lipinski definition) is 6. The second-order valence-electron chi connectivity index (χ2n) is 5.14. The lowest BCUT2D eigenvalue weighted by Crippen LogP contribution is -2.18. The van der Waals surface area contributed by atoms with E-state index < -0.39 is 11.5 Å². The zero-order chi connectivity index (χ0) is 18.3. The Hall–Kier alpha value is -2.75. The van der Waals surface area contributed by atoms with Crippen molar-refractivity contribution in [3.63, 3.8) is 0 Å². The molecule has 0 spiro atoms. The number of hydrogen-bond donors (Lipinski definition) is 2. The predicted octanol–water partition coefficient (Wildman–Crippen LogP) is 3.10. The Balaban J connectivity index is 1.66. The number of fused-ring (bicyclic) bond motifs is 1. The highest BCUT2D eigenvalue weighted by Crippen LogP contribution is 2.33. The Labute approximate surface area is 159 Å². The molecule has 0 fully saturated rings. The zero-order valence-electron chi connectivity index (χ0n) is 12.7. The van der Waals surface area contributed by atoms with E-state index in [1.807, 2.05) is 5.38 Å². The quantitative estimate of drug-likeness (QED) is 0.543. The highest BCUT2D eigenvalue weighted by molar-refractivity contribution is 7.15. The molecule has 0 radical (unpaired) electrons. The summed E-state index contributed by atoms with van der Waals surface area (Å²) in [5.74, 6) is -0.424. The van der Waals surface area contributed by atoms with Gasteiger partial charge in [0.2, 0.25) is 4.96 Å². The van der Waals surface area contributed by atoms with Gasteiger partial charge >= 0.3 is 0 Å². The number of nitrogens with one attached hydrogen (secondary N) is 2. The van der Waals surface area contributed by atoms with Crippen LogP contribution in [0.2, 0.25) is 10.0 Å². The van der Waals surface area contributed by atoms with Gasteiger partial charge in [-0.25, -0.2) is 9.61 Å². The highest BCUT2D eigenvalue weighted by Gasteiger charge is 2.16. The van der Waals surface area contributed by atoms with Gasteiger partial charge in [0.15, 0.2) is 0 Å². The minimum atomic E-state index is -0.537. The topological polar surface area (TPSA) is 105 Å². The Morgan fingerprint density at radius 2 is 2.08 bits per heavy atom. The molecule has 4 rings (SSSR count). The first-order valence-corrected chi connectivity index (χ1v) is 8.81. The van der Waals surface area contributed by atoms with Crippen LogP contribution < -0.4 is 10.9 Å². The van der Waals surface area contributed by atoms with Crippen molar-refractivity contribution in [2.24, 2.45) is 0 Å². The van der Waals surface area contributed by atoms with Crippen LogP contribution in [-0.2, 0) is 0 Å². The van der Waals surface area contributed by atoms with E-state index in [4.69, 9.17) is 23.2 Å². The monoisotopic (exact) mass is 406 g/mol. The third-order valence-corrected chi connectivity index (χ3v) is 4.79. The van der Waals surface area contributed by atoms with Crippen molar-refractivity contribution in [2.75, 3.05) is 5.32 Å². The number of nitrogens with zero attached hydrogens (tertiary/aromatic N) is 4. The fraction of sp³-hybridized carbons (Fsp3) is 0. The van der Waals surface area contributed by atoms with Gasteiger partial charge in [0.25, 0.3) is 17.4 Å². The van der Waals surface area contributed by atoms with Crippen LogP contribution in [0.5, 0.6) is 0 Å². The SMILES string of the molecule is O=C(Nc1nc2scc(-c3ccc(Cl)cc3Cl)n2n1)c1ccc(=O)[nH]n1. The first-order valence-electron chi connectivity index (χ1n) is 7.18. The van der Waals surface area contributed by atoms with Crippen LogP contribution in [0.4, 0.5) is 5.95 Å². The summed E-state index contributed by atoms with van der Waals surface area (Å²) in [6, 6.07) is 7.68. The second-order valence-corrected chi connectivity index (χ2v) is 6.82. The number of carbonyl (C=O) groups is 1. The van der Waals surface area contributed by atoms with Crippen molar-refractivity contribution in [2.45, 2.75) is 0 Å². The summed E-state index contributed by atoms with van der Waals surface area (Å²) in [4.78, 5) is 28.0. The van der Waals surface area contributed by atoms with Crippen molar-refractivity contribution in [1.82, 2.24) is 24.8 Å². The van der Waals surface area contributed by atoms with E-state index in [-0.39, 0.29) is 11.6 Å². The molecule has 11 heteroatoms. The maximum absolute atomic E-state index is 12.2. The molecule has 0 unspecified atom stereocenters. The molecule has 26 heavy (non-hydrogen) atoms. The molecular formula is C15H8Cl2N6O2S. The van der Waals surface area contributed by atoms with E-state index in [2.05, 4.69) is 25.6 Å². The summed E-state index contributed by atoms with van der Waals surface area (Å²) < 4.78 is 1.58. The van der Waals surface area contributed by atoms with Gasteiger partial charge in [-0.2, -0.15) is 10.1 Å². The van der Waals surface area contributed by atoms with E-state index in [1.54, 1.807) is 22.7 Å². The average Bonchev–Trinajstić information content (AvgIpc) is 3.16. The van der Waals surface area contributed by atoms with Crippen molar-refractivity contribution < 1.29 is 4.79 Å². The van der Waals surface area contributed by atoms with Gasteiger partial charge in [0.1, 0.15) is 5.69 Å². The lowest BCUT2D eigenvalue weighted by atomic mass is 10.2. The normalized spacial score (nSPS) is 11.0. The Kier molecular flexibility index (Phi) is 4.19. The Bertz CT molecular complexity index is 1180. The van der Waals surface area contributed by atoms with E-state index in [9.17, 15) is 9.59 Å². The molecule has 8 nitrogen and oxygen atoms in total. The summed E-state index contributed by atoms with van der Waals surface area (Å²) in [7, 11) is 0. The van der Waals surface area contributed by atoms with Gasteiger partial charge < -0.3 is 0 Å². The number of benzene rings is 1. The molecule has 0 aliphatic heterocycles. The minimum Gasteiger partial charge on any atom is -0.288 e. The maximum atomic E-state index is 12.2. The minimum absolute atomic E-state index is 0.0451. The maximum Gasteiger partial charge on any atom is 0.278 e. The van der Waals surface area contributed by atoms with Gasteiger partial charge in [0.05, 0.1) is 10.7 Å². The van der Waals surface area contributed by atoms with E-state index in [0.29, 0.717) is 15.0 Å². The van der Waals surface area contributed by atoms with Gasteiger partial charge in [-0.1, -0.05) is 23.2 Å². The van der Waals surface area contributed by atoms with E-state index in [0.717, 1.165) is 11.3 Å². The molecule has 130 valence electrons. The van der Waals surface area contributed by atoms with Crippen LogP contribution in [0.15, 0.2) is 40.5 Å². The lowest BCUT2D eigenvalue weighted by molar-refractivity contribution is 0.102. The number of amides is 1. The molecule has 3 aromatic heterocycles. The number of halogens is 2. The Morgan fingerprint density at radius 1 is 1.23 bits per heavy atom. The number of aromatic amines is 1. The molecule has 0 bridgehead atoms. The fourth-order valence-corrected chi connectivity index (χ4v) is 3.58. The zero-order valence-corrected chi connectivity index (χ0v) is 15.1. The molecule has 3 heterocycles. The molecule has 0 atom stereocenters. The molecule has 4 aromatic rings. The van der Waals surface area contributed by atoms with Crippen LogP contribution in [0.25, 0.3) is 16.2 Å². The third kappa shape index (κ3) is 3.07. The van der Waals surface area contributed by atoms with Crippen LogP contribution in [0.1, 0.15) is 10.5 Å². The summed E-state index contributed by atoms with van der Waals surface area (Å²) in [6.07, 6.45) is 0. The fourth-order valence-electron chi connectivity index (χ4n) is 2.25. The standard InChI is InChI=1S/C15H8Cl2N6O2S/c16-7-1-2-8(9(17)5-7)11-6-26-15-19-14(22-23(11)15)18-13(25)10-3-4-12(24)21-20-10/h1-6H,(H,21,24)(H,18,22,25). The van der Waals surface area contributed by atoms with Gasteiger partial charge in [-0.15, -0.1) is 16.4 Å². The number of rotatable bonds is 3. The molecule has 0 aliphatic carbocycles. The average molecular weight is 407 g/mol. The van der Waals surface area contributed by atoms with Crippen LogP contribution >= 0.6 is 34.5 Å². The summed E-state index contributed by atoms with van der Waals surface area (Å²) >= 11 is 13.5.